The molecule has 0 spiro atoms. The van der Waals surface area contributed by atoms with Gasteiger partial charge in [-0.3, -0.25) is 9.59 Å². The highest BCUT2D eigenvalue weighted by molar-refractivity contribution is 5.80. The van der Waals surface area contributed by atoms with Crippen molar-refractivity contribution < 1.29 is 64.7 Å². The lowest BCUT2D eigenvalue weighted by Gasteiger charge is -2.37. The number of rotatable bonds is 8. The molecule has 0 aromatic heterocycles. The molecule has 13 heteroatoms. The number of hydrogen-bond donors (Lipinski definition) is 8. The van der Waals surface area contributed by atoms with Gasteiger partial charge in [0.1, 0.15) is 23.4 Å². The van der Waals surface area contributed by atoms with Gasteiger partial charge in [0.05, 0.1) is 18.9 Å². The minimum absolute atomic E-state index is 0.00730. The zero-order valence-electron chi connectivity index (χ0n) is 25.2. The SMILES string of the molecule is O=C1C[C@H](c2ccc(O)c(O)c2)c2c(cc(O)c3c2O[C@H](c2ccc(O)c(O)c2)[C@@H](OC(=O)C[C@@H](O)CCc2ccc(O)c(O)c2)C3)O1. The zero-order chi connectivity index (χ0) is 34.3. The number of phenolic OH excluding ortho intramolecular Hbond substituents is 7. The van der Waals surface area contributed by atoms with Crippen LogP contribution in [0.3, 0.4) is 0 Å². The highest BCUT2D eigenvalue weighted by Crippen LogP contribution is 2.53. The number of aliphatic hydroxyl groups excluding tert-OH is 1. The second kappa shape index (κ2) is 12.8. The molecule has 48 heavy (non-hydrogen) atoms. The lowest BCUT2D eigenvalue weighted by atomic mass is 9.82. The van der Waals surface area contributed by atoms with Crippen molar-refractivity contribution in [2.45, 2.75) is 56.3 Å². The van der Waals surface area contributed by atoms with E-state index >= 15 is 0 Å². The van der Waals surface area contributed by atoms with Gasteiger partial charge in [-0.2, -0.15) is 0 Å². The molecule has 6 rings (SSSR count). The van der Waals surface area contributed by atoms with E-state index in [1.165, 1.54) is 54.6 Å². The molecule has 4 aromatic rings. The van der Waals surface area contributed by atoms with Gasteiger partial charge in [0.25, 0.3) is 0 Å². The smallest absolute Gasteiger partial charge is 0.312 e. The maximum atomic E-state index is 13.1. The topological polar surface area (TPSA) is 224 Å². The molecule has 0 bridgehead atoms. The average Bonchev–Trinajstić information content (AvgIpc) is 3.03. The quantitative estimate of drug-likeness (QED) is 0.0760. The number of aliphatic hydroxyl groups is 1. The molecule has 4 aromatic carbocycles. The Kier molecular flexibility index (Phi) is 8.54. The number of ether oxygens (including phenoxy) is 3. The lowest BCUT2D eigenvalue weighted by Crippen LogP contribution is -2.36. The second-order valence-electron chi connectivity index (χ2n) is 11.8. The fourth-order valence-electron chi connectivity index (χ4n) is 6.08. The van der Waals surface area contributed by atoms with E-state index < -0.39 is 59.8 Å². The number of aromatic hydroxyl groups is 7. The molecule has 13 nitrogen and oxygen atoms in total. The summed E-state index contributed by atoms with van der Waals surface area (Å²) in [6.07, 6.45) is -3.57. The number of carbonyl (C=O) groups excluding carboxylic acids is 2. The van der Waals surface area contributed by atoms with Crippen LogP contribution in [0.15, 0.2) is 60.7 Å². The van der Waals surface area contributed by atoms with Gasteiger partial charge in [-0.1, -0.05) is 18.2 Å². The molecule has 0 unspecified atom stereocenters. The molecule has 0 saturated carbocycles. The Morgan fingerprint density at radius 1 is 0.771 bits per heavy atom. The summed E-state index contributed by atoms with van der Waals surface area (Å²) in [5, 5.41) is 81.2. The van der Waals surface area contributed by atoms with Gasteiger partial charge in [0.15, 0.2) is 40.6 Å². The van der Waals surface area contributed by atoms with Crippen LogP contribution < -0.4 is 9.47 Å². The average molecular weight is 661 g/mol. The minimum atomic E-state index is -1.13. The predicted octanol–water partition coefficient (Wildman–Crippen LogP) is 4.04. The maximum absolute atomic E-state index is 13.1. The number of benzene rings is 4. The first kappa shape index (κ1) is 32.1. The Morgan fingerprint density at radius 3 is 2.06 bits per heavy atom. The predicted molar refractivity (Wildman–Crippen MR) is 165 cm³/mol. The van der Waals surface area contributed by atoms with Crippen molar-refractivity contribution in [1.82, 2.24) is 0 Å². The molecule has 0 radical (unpaired) electrons. The molecular weight excluding hydrogens is 628 g/mol. The lowest BCUT2D eigenvalue weighted by molar-refractivity contribution is -0.157. The van der Waals surface area contributed by atoms with Crippen molar-refractivity contribution >= 4 is 11.9 Å². The van der Waals surface area contributed by atoms with Crippen molar-refractivity contribution in [2.75, 3.05) is 0 Å². The number of esters is 2. The molecule has 8 N–H and O–H groups in total. The monoisotopic (exact) mass is 660 g/mol. The van der Waals surface area contributed by atoms with E-state index in [-0.39, 0.29) is 59.3 Å². The van der Waals surface area contributed by atoms with Crippen LogP contribution in [0.2, 0.25) is 0 Å². The summed E-state index contributed by atoms with van der Waals surface area (Å²) in [5.41, 5.74) is 1.96. The Morgan fingerprint density at radius 2 is 1.40 bits per heavy atom. The van der Waals surface area contributed by atoms with E-state index in [1.54, 1.807) is 6.07 Å². The van der Waals surface area contributed by atoms with Gasteiger partial charge in [-0.25, -0.2) is 0 Å². The summed E-state index contributed by atoms with van der Waals surface area (Å²) in [4.78, 5) is 25.7. The van der Waals surface area contributed by atoms with Gasteiger partial charge in [-0.05, 0) is 60.4 Å². The van der Waals surface area contributed by atoms with Crippen LogP contribution >= 0.6 is 0 Å². The number of hydrogen-bond acceptors (Lipinski definition) is 13. The first-order valence-electron chi connectivity index (χ1n) is 15.1. The number of carbonyl (C=O) groups is 2. The highest BCUT2D eigenvalue weighted by atomic mass is 16.6. The van der Waals surface area contributed by atoms with E-state index in [0.717, 1.165) is 0 Å². The zero-order valence-corrected chi connectivity index (χ0v) is 25.2. The van der Waals surface area contributed by atoms with Crippen LogP contribution in [0.4, 0.5) is 0 Å². The molecule has 4 atom stereocenters. The first-order chi connectivity index (χ1) is 22.9. The summed E-state index contributed by atoms with van der Waals surface area (Å²) >= 11 is 0. The molecule has 0 amide bonds. The molecule has 2 aliphatic rings. The van der Waals surface area contributed by atoms with E-state index in [4.69, 9.17) is 14.2 Å². The van der Waals surface area contributed by atoms with Crippen molar-refractivity contribution in [2.24, 2.45) is 0 Å². The Hall–Kier alpha value is -5.82. The van der Waals surface area contributed by atoms with Crippen molar-refractivity contribution in [3.8, 4) is 51.7 Å². The third-order valence-electron chi connectivity index (χ3n) is 8.51. The molecular formula is C35H32O13. The van der Waals surface area contributed by atoms with Crippen LogP contribution in [0, 0.1) is 0 Å². The fraction of sp³-hybridized carbons (Fsp3) is 0.257. The van der Waals surface area contributed by atoms with Crippen LogP contribution in [0.25, 0.3) is 0 Å². The summed E-state index contributed by atoms with van der Waals surface area (Å²) in [5.74, 6) is -4.53. The van der Waals surface area contributed by atoms with Crippen LogP contribution in [-0.2, 0) is 27.2 Å². The Balaban J connectivity index is 1.31. The van der Waals surface area contributed by atoms with Crippen LogP contribution in [-0.4, -0.2) is 65.0 Å². The van der Waals surface area contributed by atoms with Crippen molar-refractivity contribution in [3.05, 3.63) is 88.5 Å². The molecule has 0 fully saturated rings. The van der Waals surface area contributed by atoms with Crippen LogP contribution in [0.5, 0.6) is 51.7 Å². The van der Waals surface area contributed by atoms with E-state index in [0.29, 0.717) is 28.7 Å². The van der Waals surface area contributed by atoms with Gasteiger partial charge in [0, 0.05) is 35.1 Å². The normalized spacial score (nSPS) is 18.9. The molecule has 0 aliphatic carbocycles. The second-order valence-corrected chi connectivity index (χ2v) is 11.8. The third kappa shape index (κ3) is 6.40. The van der Waals surface area contributed by atoms with E-state index in [2.05, 4.69) is 0 Å². The number of fused-ring (bicyclic) bond motifs is 3. The summed E-state index contributed by atoms with van der Waals surface area (Å²) < 4.78 is 17.7. The van der Waals surface area contributed by atoms with Crippen LogP contribution in [0.1, 0.15) is 59.1 Å². The van der Waals surface area contributed by atoms with Gasteiger partial charge in [-0.15, -0.1) is 0 Å². The fourth-order valence-corrected chi connectivity index (χ4v) is 6.08. The summed E-state index contributed by atoms with van der Waals surface area (Å²) in [6.45, 7) is 0. The van der Waals surface area contributed by atoms with E-state index in [1.807, 2.05) is 0 Å². The van der Waals surface area contributed by atoms with Crippen molar-refractivity contribution in [1.29, 1.82) is 0 Å². The largest absolute Gasteiger partial charge is 0.507 e. The number of aryl methyl sites for hydroxylation is 1. The molecule has 2 heterocycles. The summed E-state index contributed by atoms with van der Waals surface area (Å²) in [7, 11) is 0. The van der Waals surface area contributed by atoms with E-state index in [9.17, 15) is 50.4 Å². The Bertz CT molecular complexity index is 1900. The van der Waals surface area contributed by atoms with Gasteiger partial charge < -0.3 is 55.1 Å². The third-order valence-corrected chi connectivity index (χ3v) is 8.51. The summed E-state index contributed by atoms with van der Waals surface area (Å²) in [6, 6.07) is 13.5. The minimum Gasteiger partial charge on any atom is -0.507 e. The Labute approximate surface area is 273 Å². The molecule has 0 saturated heterocycles. The molecule has 2 aliphatic heterocycles. The van der Waals surface area contributed by atoms with Gasteiger partial charge >= 0.3 is 11.9 Å². The highest BCUT2D eigenvalue weighted by Gasteiger charge is 2.42. The number of phenols is 7. The van der Waals surface area contributed by atoms with Crippen molar-refractivity contribution in [3.63, 3.8) is 0 Å². The van der Waals surface area contributed by atoms with Gasteiger partial charge in [0.2, 0.25) is 0 Å². The molecule has 250 valence electrons. The maximum Gasteiger partial charge on any atom is 0.312 e. The standard InChI is InChI=1S/C35H32O13/c36-19(5-1-16-2-6-22(37)26(41)9-16)12-31(44)47-30-13-21-25(40)15-29-33(35(21)48-34(30)18-4-8-24(39)28(43)11-18)20(14-32(45)46-29)17-3-7-23(38)27(42)10-17/h2-4,6-11,15,19-20,30,34,36-43H,1,5,12-14H2/t19-,20+,30-,34+/m0/s1. The first-order valence-corrected chi connectivity index (χ1v) is 15.1.